The zero-order chi connectivity index (χ0) is 18.8. The van der Waals surface area contributed by atoms with E-state index in [-0.39, 0.29) is 0 Å². The monoisotopic (exact) mass is 366 g/mol. The van der Waals surface area contributed by atoms with Gasteiger partial charge in [0.15, 0.2) is 0 Å². The van der Waals surface area contributed by atoms with Gasteiger partial charge in [-0.25, -0.2) is 0 Å². The smallest absolute Gasteiger partial charge is 0.0645 e. The molecule has 0 atom stereocenters. The summed E-state index contributed by atoms with van der Waals surface area (Å²) in [5, 5.41) is 8.85. The van der Waals surface area contributed by atoms with Crippen molar-refractivity contribution in [2.24, 2.45) is 0 Å². The van der Waals surface area contributed by atoms with Gasteiger partial charge in [0, 0.05) is 0 Å². The number of hydrogen-bond donors (Lipinski definition) is 0. The molecule has 0 radical (unpaired) electrons. The summed E-state index contributed by atoms with van der Waals surface area (Å²) < 4.78 is 0. The summed E-state index contributed by atoms with van der Waals surface area (Å²) in [6.45, 7) is 9.82. The van der Waals surface area contributed by atoms with Gasteiger partial charge in [0.05, 0.1) is 0 Å². The van der Waals surface area contributed by atoms with E-state index in [0.717, 1.165) is 0 Å². The highest BCUT2D eigenvalue weighted by Gasteiger charge is 2.50. The second-order valence-electron chi connectivity index (χ2n) is 8.60. The molecule has 1 aliphatic rings. The highest BCUT2D eigenvalue weighted by molar-refractivity contribution is 7.07. The van der Waals surface area contributed by atoms with Crippen molar-refractivity contribution in [2.75, 3.05) is 0 Å². The maximum Gasteiger partial charge on any atom is 0.124 e. The van der Waals surface area contributed by atoms with Crippen molar-refractivity contribution in [2.45, 2.75) is 38.8 Å². The molecule has 0 bridgehead atoms. The maximum absolute atomic E-state index is 2.47. The SMILES string of the molecule is CC(C)[Si]1(C(C)C)c2ccc3ccccc3c2-c2c1ccc1ccccc21. The van der Waals surface area contributed by atoms with Crippen molar-refractivity contribution in [3.63, 3.8) is 0 Å². The lowest BCUT2D eigenvalue weighted by molar-refractivity contribution is 0.930. The summed E-state index contributed by atoms with van der Waals surface area (Å²) in [5.74, 6) is 0. The number of hydrogen-bond acceptors (Lipinski definition) is 0. The minimum atomic E-state index is -1.86. The summed E-state index contributed by atoms with van der Waals surface area (Å²) in [6, 6.07) is 27.5. The molecular formula is C26H26Si. The first-order valence-corrected chi connectivity index (χ1v) is 12.3. The van der Waals surface area contributed by atoms with Crippen LogP contribution in [-0.2, 0) is 0 Å². The van der Waals surface area contributed by atoms with Gasteiger partial charge >= 0.3 is 0 Å². The van der Waals surface area contributed by atoms with Crippen LogP contribution in [0.25, 0.3) is 32.7 Å². The minimum Gasteiger partial charge on any atom is -0.0645 e. The third kappa shape index (κ3) is 2.04. The van der Waals surface area contributed by atoms with E-state index in [1.165, 1.54) is 32.7 Å². The molecular weight excluding hydrogens is 340 g/mol. The van der Waals surface area contributed by atoms with Gasteiger partial charge in [0.2, 0.25) is 0 Å². The molecule has 0 saturated heterocycles. The largest absolute Gasteiger partial charge is 0.124 e. The van der Waals surface area contributed by atoms with Gasteiger partial charge in [-0.3, -0.25) is 0 Å². The van der Waals surface area contributed by atoms with E-state index >= 15 is 0 Å². The van der Waals surface area contributed by atoms with Crippen LogP contribution in [0.15, 0.2) is 72.8 Å². The average molecular weight is 367 g/mol. The van der Waals surface area contributed by atoms with Crippen LogP contribution in [0.2, 0.25) is 11.1 Å². The molecule has 0 saturated carbocycles. The Balaban J connectivity index is 2.06. The molecule has 4 aromatic carbocycles. The molecule has 0 fully saturated rings. The molecule has 27 heavy (non-hydrogen) atoms. The standard InChI is InChI=1S/C26H26Si/c1-17(2)27(18(3)4)23-15-13-19-9-5-7-11-21(19)25(23)26-22-12-8-6-10-20(22)14-16-24(26)27/h5-18H,1-4H3. The summed E-state index contributed by atoms with van der Waals surface area (Å²) in [7, 11) is -1.86. The minimum absolute atomic E-state index is 0.667. The lowest BCUT2D eigenvalue weighted by atomic mass is 9.94. The maximum atomic E-state index is 2.47. The van der Waals surface area contributed by atoms with Crippen molar-refractivity contribution in [1.29, 1.82) is 0 Å². The lowest BCUT2D eigenvalue weighted by Gasteiger charge is -2.38. The quantitative estimate of drug-likeness (QED) is 0.362. The average Bonchev–Trinajstić information content (AvgIpc) is 3.00. The Morgan fingerprint density at radius 1 is 0.519 bits per heavy atom. The van der Waals surface area contributed by atoms with Crippen LogP contribution >= 0.6 is 0 Å². The first kappa shape index (κ1) is 16.8. The van der Waals surface area contributed by atoms with E-state index < -0.39 is 8.07 Å². The van der Waals surface area contributed by atoms with Crippen molar-refractivity contribution >= 4 is 40.0 Å². The van der Waals surface area contributed by atoms with Crippen LogP contribution in [0.3, 0.4) is 0 Å². The van der Waals surface area contributed by atoms with Gasteiger partial charge < -0.3 is 0 Å². The van der Waals surface area contributed by atoms with Crippen LogP contribution in [0.4, 0.5) is 0 Å². The first-order chi connectivity index (χ1) is 13.1. The molecule has 134 valence electrons. The molecule has 1 heterocycles. The molecule has 0 unspecified atom stereocenters. The van der Waals surface area contributed by atoms with E-state index in [0.29, 0.717) is 11.1 Å². The van der Waals surface area contributed by atoms with Crippen molar-refractivity contribution in [3.8, 4) is 11.1 Å². The second-order valence-corrected chi connectivity index (χ2v) is 13.7. The summed E-state index contributed by atoms with van der Waals surface area (Å²) >= 11 is 0. The molecule has 0 aliphatic carbocycles. The van der Waals surface area contributed by atoms with Crippen molar-refractivity contribution < 1.29 is 0 Å². The van der Waals surface area contributed by atoms with E-state index in [1.54, 1.807) is 10.4 Å². The Hall–Kier alpha value is -2.38. The zero-order valence-electron chi connectivity index (χ0n) is 16.6. The van der Waals surface area contributed by atoms with E-state index in [2.05, 4.69) is 100 Å². The lowest BCUT2D eigenvalue weighted by Crippen LogP contribution is -2.60. The van der Waals surface area contributed by atoms with Crippen LogP contribution in [0, 0.1) is 0 Å². The molecule has 0 spiro atoms. The van der Waals surface area contributed by atoms with Gasteiger partial charge in [0.25, 0.3) is 0 Å². The van der Waals surface area contributed by atoms with E-state index in [9.17, 15) is 0 Å². The van der Waals surface area contributed by atoms with Crippen molar-refractivity contribution in [1.82, 2.24) is 0 Å². The molecule has 0 nitrogen and oxygen atoms in total. The Bertz CT molecular complexity index is 1090. The Labute approximate surface area is 162 Å². The number of benzene rings is 4. The van der Waals surface area contributed by atoms with Crippen molar-refractivity contribution in [3.05, 3.63) is 72.8 Å². The molecule has 0 aromatic heterocycles. The fourth-order valence-electron chi connectivity index (χ4n) is 5.83. The Morgan fingerprint density at radius 2 is 0.926 bits per heavy atom. The van der Waals surface area contributed by atoms with Crippen LogP contribution < -0.4 is 10.4 Å². The van der Waals surface area contributed by atoms with Crippen LogP contribution in [0.5, 0.6) is 0 Å². The fraction of sp³-hybridized carbons (Fsp3) is 0.231. The molecule has 0 N–H and O–H groups in total. The summed E-state index contributed by atoms with van der Waals surface area (Å²) in [4.78, 5) is 0. The van der Waals surface area contributed by atoms with Gasteiger partial charge in [-0.1, -0.05) is 100 Å². The second kappa shape index (κ2) is 5.81. The summed E-state index contributed by atoms with van der Waals surface area (Å²) in [6.07, 6.45) is 0. The number of fused-ring (bicyclic) bond motifs is 7. The molecule has 1 heteroatoms. The Morgan fingerprint density at radius 3 is 1.33 bits per heavy atom. The molecule has 0 amide bonds. The summed E-state index contributed by atoms with van der Waals surface area (Å²) in [5.41, 5.74) is 4.38. The van der Waals surface area contributed by atoms with Crippen LogP contribution in [-0.4, -0.2) is 8.07 Å². The van der Waals surface area contributed by atoms with Gasteiger partial charge in [-0.2, -0.15) is 0 Å². The topological polar surface area (TPSA) is 0 Å². The van der Waals surface area contributed by atoms with Gasteiger partial charge in [-0.05, 0) is 54.1 Å². The van der Waals surface area contributed by atoms with E-state index in [1.807, 2.05) is 0 Å². The zero-order valence-corrected chi connectivity index (χ0v) is 17.6. The predicted molar refractivity (Wildman–Crippen MR) is 122 cm³/mol. The third-order valence-electron chi connectivity index (χ3n) is 6.82. The Kier molecular flexibility index (Phi) is 3.61. The highest BCUT2D eigenvalue weighted by atomic mass is 28.3. The van der Waals surface area contributed by atoms with Gasteiger partial charge in [-0.15, -0.1) is 0 Å². The third-order valence-corrected chi connectivity index (χ3v) is 13.1. The van der Waals surface area contributed by atoms with Crippen LogP contribution in [0.1, 0.15) is 27.7 Å². The normalized spacial score (nSPS) is 14.9. The fourth-order valence-corrected chi connectivity index (χ4v) is 12.0. The molecule has 1 aliphatic heterocycles. The molecule has 5 rings (SSSR count). The van der Waals surface area contributed by atoms with E-state index in [4.69, 9.17) is 0 Å². The highest BCUT2D eigenvalue weighted by Crippen LogP contribution is 2.45. The first-order valence-electron chi connectivity index (χ1n) is 10.1. The van der Waals surface area contributed by atoms with Gasteiger partial charge in [0.1, 0.15) is 8.07 Å². The molecule has 4 aromatic rings. The predicted octanol–water partition coefficient (Wildman–Crippen LogP) is 6.36. The number of rotatable bonds is 2.